The number of hydrogen-bond donors (Lipinski definition) is 1. The maximum Gasteiger partial charge on any atom is 0.308 e. The molecule has 1 N–H and O–H groups in total. The molecule has 0 fully saturated rings. The number of sulfonamides is 1. The maximum atomic E-state index is 11.9. The van der Waals surface area contributed by atoms with Crippen molar-refractivity contribution in [2.45, 2.75) is 24.3 Å². The number of hydrogen-bond acceptors (Lipinski definition) is 5. The van der Waals surface area contributed by atoms with E-state index in [2.05, 4.69) is 20.7 Å². The van der Waals surface area contributed by atoms with Crippen LogP contribution in [0.3, 0.4) is 0 Å². The summed E-state index contributed by atoms with van der Waals surface area (Å²) in [5.74, 6) is -0.627. The highest BCUT2D eigenvalue weighted by Crippen LogP contribution is 2.14. The lowest BCUT2D eigenvalue weighted by Gasteiger charge is -2.08. The standard InChI is InChI=1S/C12H13BrN2O4S/c1-9(8-14)19-12(16)6-7-15-20(17,18)11-4-2-10(13)3-5-11/h2-5,9,15H,6-7H2,1H3/t9-/m0/s1. The normalized spacial score (nSPS) is 12.4. The molecule has 0 saturated carbocycles. The van der Waals surface area contributed by atoms with Crippen LogP contribution in [0.4, 0.5) is 0 Å². The highest BCUT2D eigenvalue weighted by molar-refractivity contribution is 9.10. The number of esters is 1. The lowest BCUT2D eigenvalue weighted by atomic mass is 10.4. The van der Waals surface area contributed by atoms with Gasteiger partial charge in [0, 0.05) is 11.0 Å². The average molecular weight is 361 g/mol. The fourth-order valence-corrected chi connectivity index (χ4v) is 2.56. The first-order valence-electron chi connectivity index (χ1n) is 5.69. The van der Waals surface area contributed by atoms with Crippen LogP contribution in [0.1, 0.15) is 13.3 Å². The second-order valence-corrected chi connectivity index (χ2v) is 6.55. The van der Waals surface area contributed by atoms with Crippen LogP contribution in [-0.2, 0) is 19.6 Å². The van der Waals surface area contributed by atoms with Gasteiger partial charge in [-0.15, -0.1) is 0 Å². The van der Waals surface area contributed by atoms with Crippen LogP contribution in [0.25, 0.3) is 0 Å². The molecule has 0 aliphatic rings. The topological polar surface area (TPSA) is 96.3 Å². The molecule has 8 heteroatoms. The van der Waals surface area contributed by atoms with Gasteiger partial charge in [0.15, 0.2) is 6.10 Å². The molecule has 1 atom stereocenters. The zero-order valence-electron chi connectivity index (χ0n) is 10.7. The molecule has 1 rings (SSSR count). The number of carbonyl (C=O) groups excluding carboxylic acids is 1. The zero-order chi connectivity index (χ0) is 15.2. The first kappa shape index (κ1) is 16.6. The van der Waals surface area contributed by atoms with Crippen molar-refractivity contribution in [1.82, 2.24) is 4.72 Å². The minimum Gasteiger partial charge on any atom is -0.447 e. The molecular weight excluding hydrogens is 348 g/mol. The Balaban J connectivity index is 2.51. The van der Waals surface area contributed by atoms with Gasteiger partial charge in [0.25, 0.3) is 0 Å². The SMILES string of the molecule is C[C@@H](C#N)OC(=O)CCNS(=O)(=O)c1ccc(Br)cc1. The summed E-state index contributed by atoms with van der Waals surface area (Å²) >= 11 is 3.21. The molecule has 0 heterocycles. The van der Waals surface area contributed by atoms with Gasteiger partial charge in [-0.05, 0) is 31.2 Å². The molecule has 0 aliphatic heterocycles. The van der Waals surface area contributed by atoms with Crippen molar-refractivity contribution < 1.29 is 17.9 Å². The molecule has 108 valence electrons. The van der Waals surface area contributed by atoms with Crippen molar-refractivity contribution in [2.75, 3.05) is 6.54 Å². The number of halogens is 1. The van der Waals surface area contributed by atoms with Crippen molar-refractivity contribution in [2.24, 2.45) is 0 Å². The number of carbonyl (C=O) groups is 1. The zero-order valence-corrected chi connectivity index (χ0v) is 13.1. The molecule has 1 aromatic rings. The van der Waals surface area contributed by atoms with Gasteiger partial charge in [0.1, 0.15) is 6.07 Å². The van der Waals surface area contributed by atoms with Crippen LogP contribution < -0.4 is 4.72 Å². The monoisotopic (exact) mass is 360 g/mol. The van der Waals surface area contributed by atoms with E-state index in [-0.39, 0.29) is 17.9 Å². The molecule has 0 spiro atoms. The van der Waals surface area contributed by atoms with Crippen LogP contribution in [0.5, 0.6) is 0 Å². The van der Waals surface area contributed by atoms with Crippen LogP contribution in [0.2, 0.25) is 0 Å². The molecule has 1 aromatic carbocycles. The predicted octanol–water partition coefficient (Wildman–Crippen LogP) is 1.57. The molecule has 6 nitrogen and oxygen atoms in total. The van der Waals surface area contributed by atoms with Crippen LogP contribution in [-0.4, -0.2) is 27.0 Å². The van der Waals surface area contributed by atoms with E-state index in [0.717, 1.165) is 4.47 Å². The first-order chi connectivity index (χ1) is 9.35. The van der Waals surface area contributed by atoms with Crippen molar-refractivity contribution in [1.29, 1.82) is 5.26 Å². The van der Waals surface area contributed by atoms with Crippen LogP contribution in [0.15, 0.2) is 33.6 Å². The maximum absolute atomic E-state index is 11.9. The predicted molar refractivity (Wildman–Crippen MR) is 75.1 cm³/mol. The van der Waals surface area contributed by atoms with E-state index in [0.29, 0.717) is 0 Å². The first-order valence-corrected chi connectivity index (χ1v) is 7.97. The Hall–Kier alpha value is -1.43. The van der Waals surface area contributed by atoms with E-state index in [1.807, 2.05) is 0 Å². The van der Waals surface area contributed by atoms with Crippen LogP contribution in [0, 0.1) is 11.3 Å². The summed E-state index contributed by atoms with van der Waals surface area (Å²) in [6, 6.07) is 7.86. The molecule has 0 bridgehead atoms. The van der Waals surface area contributed by atoms with E-state index < -0.39 is 22.1 Å². The van der Waals surface area contributed by atoms with Crippen molar-refractivity contribution in [3.8, 4) is 6.07 Å². The average Bonchev–Trinajstić information content (AvgIpc) is 2.38. The summed E-state index contributed by atoms with van der Waals surface area (Å²) in [4.78, 5) is 11.4. The quantitative estimate of drug-likeness (QED) is 0.776. The summed E-state index contributed by atoms with van der Waals surface area (Å²) in [6.45, 7) is 1.35. The van der Waals surface area contributed by atoms with E-state index in [1.54, 1.807) is 18.2 Å². The largest absolute Gasteiger partial charge is 0.447 e. The number of nitriles is 1. The summed E-state index contributed by atoms with van der Waals surface area (Å²) in [5.41, 5.74) is 0. The summed E-state index contributed by atoms with van der Waals surface area (Å²) in [6.07, 6.45) is -0.979. The number of nitrogens with zero attached hydrogens (tertiary/aromatic N) is 1. The van der Waals surface area contributed by atoms with Gasteiger partial charge < -0.3 is 4.74 Å². The Morgan fingerprint density at radius 2 is 2.05 bits per heavy atom. The number of nitrogens with one attached hydrogen (secondary N) is 1. The smallest absolute Gasteiger partial charge is 0.308 e. The van der Waals surface area contributed by atoms with Gasteiger partial charge in [-0.25, -0.2) is 13.1 Å². The fourth-order valence-electron chi connectivity index (χ4n) is 1.27. The number of ether oxygens (including phenoxy) is 1. The van der Waals surface area contributed by atoms with Crippen LogP contribution >= 0.6 is 15.9 Å². The Labute approximate surface area is 125 Å². The minimum absolute atomic E-state index is 0.0879. The van der Waals surface area contributed by atoms with Gasteiger partial charge >= 0.3 is 5.97 Å². The number of benzene rings is 1. The van der Waals surface area contributed by atoms with E-state index >= 15 is 0 Å². The molecule has 20 heavy (non-hydrogen) atoms. The molecule has 0 aromatic heterocycles. The van der Waals surface area contributed by atoms with Crippen molar-refractivity contribution >= 4 is 31.9 Å². The number of rotatable bonds is 6. The van der Waals surface area contributed by atoms with Gasteiger partial charge in [0.05, 0.1) is 11.3 Å². The Morgan fingerprint density at radius 3 is 2.60 bits per heavy atom. The lowest BCUT2D eigenvalue weighted by Crippen LogP contribution is -2.27. The minimum atomic E-state index is -3.65. The summed E-state index contributed by atoms with van der Waals surface area (Å²) in [7, 11) is -3.65. The third-order valence-electron chi connectivity index (χ3n) is 2.24. The molecule has 0 aliphatic carbocycles. The second-order valence-electron chi connectivity index (χ2n) is 3.86. The van der Waals surface area contributed by atoms with E-state index in [4.69, 9.17) is 10.00 Å². The Bertz CT molecular complexity index is 607. The van der Waals surface area contributed by atoms with E-state index in [1.165, 1.54) is 19.1 Å². The van der Waals surface area contributed by atoms with Crippen molar-refractivity contribution in [3.05, 3.63) is 28.7 Å². The van der Waals surface area contributed by atoms with Gasteiger partial charge in [0.2, 0.25) is 10.0 Å². The molecular formula is C12H13BrN2O4S. The molecule has 0 unspecified atom stereocenters. The Kier molecular flexibility index (Phi) is 6.13. The molecule has 0 radical (unpaired) electrons. The Morgan fingerprint density at radius 1 is 1.45 bits per heavy atom. The molecule has 0 amide bonds. The fraction of sp³-hybridized carbons (Fsp3) is 0.333. The lowest BCUT2D eigenvalue weighted by molar-refractivity contribution is -0.145. The van der Waals surface area contributed by atoms with Gasteiger partial charge in [-0.1, -0.05) is 15.9 Å². The van der Waals surface area contributed by atoms with E-state index in [9.17, 15) is 13.2 Å². The second kappa shape index (κ2) is 7.38. The highest BCUT2D eigenvalue weighted by Gasteiger charge is 2.15. The third kappa shape index (κ3) is 5.28. The highest BCUT2D eigenvalue weighted by atomic mass is 79.9. The summed E-state index contributed by atoms with van der Waals surface area (Å²) < 4.78 is 31.5. The summed E-state index contributed by atoms with van der Waals surface area (Å²) in [5, 5.41) is 8.47. The van der Waals surface area contributed by atoms with Gasteiger partial charge in [-0.3, -0.25) is 4.79 Å². The molecule has 0 saturated heterocycles. The third-order valence-corrected chi connectivity index (χ3v) is 4.24. The van der Waals surface area contributed by atoms with Crippen molar-refractivity contribution in [3.63, 3.8) is 0 Å². The van der Waals surface area contributed by atoms with Gasteiger partial charge in [-0.2, -0.15) is 5.26 Å².